The van der Waals surface area contributed by atoms with E-state index in [1.807, 2.05) is 19.1 Å². The van der Waals surface area contributed by atoms with Crippen molar-refractivity contribution in [2.45, 2.75) is 16.3 Å². The van der Waals surface area contributed by atoms with Gasteiger partial charge in [-0.05, 0) is 30.2 Å². The predicted octanol–water partition coefficient (Wildman–Crippen LogP) is 5.25. The van der Waals surface area contributed by atoms with Gasteiger partial charge in [-0.15, -0.1) is 0 Å². The van der Waals surface area contributed by atoms with Gasteiger partial charge in [-0.1, -0.05) is 88.4 Å². The lowest BCUT2D eigenvalue weighted by Crippen LogP contribution is -2.41. The highest BCUT2D eigenvalue weighted by atomic mass is 35.6. The van der Waals surface area contributed by atoms with Crippen molar-refractivity contribution in [3.05, 3.63) is 70.2 Å². The first kappa shape index (κ1) is 15.9. The molecule has 0 saturated heterocycles. The first-order chi connectivity index (χ1) is 9.25. The Morgan fingerprint density at radius 2 is 1.20 bits per heavy atom. The summed E-state index contributed by atoms with van der Waals surface area (Å²) in [5.41, 5.74) is 0.267. The third-order valence-electron chi connectivity index (χ3n) is 3.14. The number of rotatable bonds is 2. The van der Waals surface area contributed by atoms with Crippen LogP contribution in [0, 0.1) is 6.92 Å². The predicted molar refractivity (Wildman–Crippen MR) is 85.9 cm³/mol. The van der Waals surface area contributed by atoms with Crippen LogP contribution in [0.1, 0.15) is 16.7 Å². The van der Waals surface area contributed by atoms with Gasteiger partial charge in [0.15, 0.2) is 5.60 Å². The largest absolute Gasteiger partial charge is 0.376 e. The molecule has 1 unspecified atom stereocenters. The molecule has 0 amide bonds. The molecule has 1 atom stereocenters. The molecule has 5 heteroatoms. The number of halogens is 4. The molecule has 0 saturated carbocycles. The molecule has 1 nitrogen and oxygen atoms in total. The van der Waals surface area contributed by atoms with Gasteiger partial charge in [-0.25, -0.2) is 0 Å². The van der Waals surface area contributed by atoms with Crippen molar-refractivity contribution in [2.75, 3.05) is 0 Å². The Hall–Kier alpha value is -0.440. The summed E-state index contributed by atoms with van der Waals surface area (Å²) in [5, 5.41) is 11.6. The number of aliphatic hydroxyl groups is 1. The zero-order valence-corrected chi connectivity index (χ0v) is 13.6. The minimum Gasteiger partial charge on any atom is -0.376 e. The van der Waals surface area contributed by atoms with Gasteiger partial charge in [0, 0.05) is 5.02 Å². The third-order valence-corrected chi connectivity index (χ3v) is 4.21. The number of hydrogen-bond acceptors (Lipinski definition) is 1. The zero-order valence-electron chi connectivity index (χ0n) is 10.6. The van der Waals surface area contributed by atoms with Crippen LogP contribution < -0.4 is 0 Å². The summed E-state index contributed by atoms with van der Waals surface area (Å²) < 4.78 is -1.92. The molecule has 0 spiro atoms. The van der Waals surface area contributed by atoms with E-state index in [0.29, 0.717) is 16.1 Å². The summed E-state index contributed by atoms with van der Waals surface area (Å²) in [6.45, 7) is 1.94. The van der Waals surface area contributed by atoms with E-state index in [2.05, 4.69) is 0 Å². The second kappa shape index (κ2) is 5.75. The van der Waals surface area contributed by atoms with Gasteiger partial charge >= 0.3 is 0 Å². The lowest BCUT2D eigenvalue weighted by Gasteiger charge is -2.35. The molecule has 106 valence electrons. The van der Waals surface area contributed by atoms with Crippen LogP contribution in [-0.2, 0) is 5.60 Å². The van der Waals surface area contributed by atoms with E-state index in [1.165, 1.54) is 0 Å². The van der Waals surface area contributed by atoms with E-state index in [4.69, 9.17) is 46.4 Å². The first-order valence-corrected chi connectivity index (χ1v) is 7.38. The molecule has 2 rings (SSSR count). The van der Waals surface area contributed by atoms with Crippen molar-refractivity contribution in [2.24, 2.45) is 0 Å². The van der Waals surface area contributed by atoms with Crippen LogP contribution in [0.5, 0.6) is 0 Å². The maximum atomic E-state index is 11.0. The van der Waals surface area contributed by atoms with E-state index in [0.717, 1.165) is 5.56 Å². The molecular weight excluding hydrogens is 338 g/mol. The molecule has 0 aromatic heterocycles. The van der Waals surface area contributed by atoms with Crippen molar-refractivity contribution < 1.29 is 5.11 Å². The minimum absolute atomic E-state index is 0.464. The highest BCUT2D eigenvalue weighted by Crippen LogP contribution is 2.49. The summed E-state index contributed by atoms with van der Waals surface area (Å²) in [6, 6.07) is 13.8. The molecule has 0 aliphatic carbocycles. The molecule has 0 fully saturated rings. The Kier molecular flexibility index (Phi) is 4.58. The molecule has 0 heterocycles. The number of hydrogen-bond donors (Lipinski definition) is 1. The van der Waals surface area contributed by atoms with Gasteiger partial charge in [0.1, 0.15) is 0 Å². The summed E-state index contributed by atoms with van der Waals surface area (Å²) in [5.74, 6) is 0. The van der Waals surface area contributed by atoms with Gasteiger partial charge in [-0.2, -0.15) is 0 Å². The second-order valence-corrected chi connectivity index (χ2v) is 7.30. The Morgan fingerprint density at radius 3 is 1.60 bits per heavy atom. The average molecular weight is 350 g/mol. The lowest BCUT2D eigenvalue weighted by molar-refractivity contribution is 0.0850. The SMILES string of the molecule is Cc1ccc(C(O)(c2ccc(Cl)cc2)C(Cl)(Cl)Cl)cc1. The maximum absolute atomic E-state index is 11.0. The van der Waals surface area contributed by atoms with Crippen LogP contribution in [0.15, 0.2) is 48.5 Å². The molecule has 0 bridgehead atoms. The molecule has 20 heavy (non-hydrogen) atoms. The Bertz CT molecular complexity index is 539. The molecule has 1 N–H and O–H groups in total. The van der Waals surface area contributed by atoms with Crippen LogP contribution >= 0.6 is 46.4 Å². The number of aryl methyl sites for hydroxylation is 1. The first-order valence-electron chi connectivity index (χ1n) is 5.87. The summed E-state index contributed by atoms with van der Waals surface area (Å²) in [4.78, 5) is 0. The number of benzene rings is 2. The monoisotopic (exact) mass is 348 g/mol. The normalized spacial score (nSPS) is 14.9. The van der Waals surface area contributed by atoms with Gasteiger partial charge in [0.25, 0.3) is 0 Å². The molecule has 2 aromatic carbocycles. The molecule has 0 aliphatic rings. The maximum Gasteiger partial charge on any atom is 0.227 e. The van der Waals surface area contributed by atoms with Gasteiger partial charge in [0.2, 0.25) is 3.79 Å². The van der Waals surface area contributed by atoms with E-state index >= 15 is 0 Å². The number of alkyl halides is 3. The second-order valence-electron chi connectivity index (χ2n) is 4.58. The third kappa shape index (κ3) is 2.93. The fraction of sp³-hybridized carbons (Fsp3) is 0.200. The van der Waals surface area contributed by atoms with Crippen molar-refractivity contribution in [3.63, 3.8) is 0 Å². The van der Waals surface area contributed by atoms with Crippen LogP contribution in [0.4, 0.5) is 0 Å². The van der Waals surface area contributed by atoms with E-state index < -0.39 is 9.39 Å². The topological polar surface area (TPSA) is 20.2 Å². The Morgan fingerprint density at radius 1 is 0.800 bits per heavy atom. The highest BCUT2D eigenvalue weighted by Gasteiger charge is 2.49. The quantitative estimate of drug-likeness (QED) is 0.733. The fourth-order valence-electron chi connectivity index (χ4n) is 1.98. The van der Waals surface area contributed by atoms with Crippen molar-refractivity contribution >= 4 is 46.4 Å². The van der Waals surface area contributed by atoms with E-state index in [-0.39, 0.29) is 0 Å². The minimum atomic E-state index is -1.92. The highest BCUT2D eigenvalue weighted by molar-refractivity contribution is 6.68. The smallest absolute Gasteiger partial charge is 0.227 e. The average Bonchev–Trinajstić information content (AvgIpc) is 2.38. The van der Waals surface area contributed by atoms with Crippen LogP contribution in [-0.4, -0.2) is 8.90 Å². The Labute approximate surface area is 138 Å². The lowest BCUT2D eigenvalue weighted by atomic mass is 9.87. The van der Waals surface area contributed by atoms with Gasteiger partial charge in [0.05, 0.1) is 0 Å². The van der Waals surface area contributed by atoms with Gasteiger partial charge < -0.3 is 5.11 Å². The van der Waals surface area contributed by atoms with Crippen LogP contribution in [0.3, 0.4) is 0 Å². The molecule has 2 aromatic rings. The fourth-order valence-corrected chi connectivity index (χ4v) is 2.76. The standard InChI is InChI=1S/C15H12Cl4O/c1-10-2-4-11(5-3-10)14(20,15(17,18)19)12-6-8-13(16)9-7-12/h2-9,20H,1H3. The van der Waals surface area contributed by atoms with E-state index in [1.54, 1.807) is 36.4 Å². The van der Waals surface area contributed by atoms with Crippen LogP contribution in [0.2, 0.25) is 5.02 Å². The van der Waals surface area contributed by atoms with Crippen molar-refractivity contribution in [1.82, 2.24) is 0 Å². The van der Waals surface area contributed by atoms with E-state index in [9.17, 15) is 5.11 Å². The molecular formula is C15H12Cl4O. The summed E-state index contributed by atoms with van der Waals surface area (Å²) in [6.07, 6.45) is 0. The van der Waals surface area contributed by atoms with Crippen molar-refractivity contribution in [3.8, 4) is 0 Å². The zero-order chi connectivity index (χ0) is 15.0. The summed E-state index contributed by atoms with van der Waals surface area (Å²) in [7, 11) is 0. The Balaban J connectivity index is 2.62. The molecule has 0 radical (unpaired) electrons. The molecule has 0 aliphatic heterocycles. The summed E-state index contributed by atoms with van der Waals surface area (Å²) >= 11 is 24.0. The van der Waals surface area contributed by atoms with Gasteiger partial charge in [-0.3, -0.25) is 0 Å². The van der Waals surface area contributed by atoms with Crippen LogP contribution in [0.25, 0.3) is 0 Å². The van der Waals surface area contributed by atoms with Crippen molar-refractivity contribution in [1.29, 1.82) is 0 Å².